The topological polar surface area (TPSA) is 58.4 Å². The zero-order valence-electron chi connectivity index (χ0n) is 17.5. The second-order valence-corrected chi connectivity index (χ2v) is 9.63. The molecule has 1 amide bonds. The van der Waals surface area contributed by atoms with Crippen molar-refractivity contribution >= 4 is 5.91 Å². The number of benzene rings is 1. The average Bonchev–Trinajstić information content (AvgIpc) is 3.39. The molecule has 1 aromatic heterocycles. The lowest BCUT2D eigenvalue weighted by atomic mass is 9.58. The van der Waals surface area contributed by atoms with Crippen LogP contribution in [0.15, 0.2) is 36.5 Å². The summed E-state index contributed by atoms with van der Waals surface area (Å²) in [6.07, 6.45) is 7.20. The number of fused-ring (bicyclic) bond motifs is 1. The van der Waals surface area contributed by atoms with Gasteiger partial charge in [-0.25, -0.2) is 0 Å². The van der Waals surface area contributed by atoms with Gasteiger partial charge in [-0.15, -0.1) is 0 Å². The smallest absolute Gasteiger partial charge is 0.226 e. The molecule has 3 aliphatic carbocycles. The van der Waals surface area contributed by atoms with Crippen LogP contribution in [0.1, 0.15) is 48.9 Å². The number of amides is 1. The summed E-state index contributed by atoms with van der Waals surface area (Å²) in [5, 5.41) is 15.5. The molecule has 1 aliphatic heterocycles. The van der Waals surface area contributed by atoms with E-state index in [-0.39, 0.29) is 11.3 Å². The number of rotatable bonds is 4. The number of likely N-dealkylation sites (tertiary alicyclic amines) is 1. The first kappa shape index (κ1) is 18.9. The van der Waals surface area contributed by atoms with E-state index in [1.807, 2.05) is 35.0 Å². The molecule has 1 aromatic carbocycles. The number of hydrogen-bond acceptors (Lipinski definition) is 3. The van der Waals surface area contributed by atoms with Crippen molar-refractivity contribution in [2.24, 2.45) is 18.9 Å². The normalized spacial score (nSPS) is 30.2. The minimum atomic E-state index is -0.707. The summed E-state index contributed by atoms with van der Waals surface area (Å²) >= 11 is 0. The van der Waals surface area contributed by atoms with Crippen LogP contribution in [0.5, 0.6) is 0 Å². The third-order valence-electron chi connectivity index (χ3n) is 8.04. The van der Waals surface area contributed by atoms with Crippen LogP contribution < -0.4 is 0 Å². The maximum atomic E-state index is 13.5. The second kappa shape index (κ2) is 6.69. The van der Waals surface area contributed by atoms with Crippen LogP contribution in [0.2, 0.25) is 0 Å². The summed E-state index contributed by atoms with van der Waals surface area (Å²) in [7, 11) is 1.99. The van der Waals surface area contributed by atoms with Gasteiger partial charge in [-0.1, -0.05) is 24.3 Å². The molecule has 0 spiro atoms. The van der Waals surface area contributed by atoms with Crippen molar-refractivity contribution in [2.45, 2.75) is 56.5 Å². The Morgan fingerprint density at radius 1 is 1.21 bits per heavy atom. The molecule has 1 saturated heterocycles. The van der Waals surface area contributed by atoms with E-state index < -0.39 is 5.60 Å². The number of nitrogens with zero attached hydrogens (tertiary/aromatic N) is 3. The quantitative estimate of drug-likeness (QED) is 0.869. The van der Waals surface area contributed by atoms with E-state index in [0.29, 0.717) is 44.2 Å². The Kier molecular flexibility index (Phi) is 4.35. The number of piperidine rings is 1. The van der Waals surface area contributed by atoms with Gasteiger partial charge in [-0.2, -0.15) is 5.10 Å². The predicted octanol–water partition coefficient (Wildman–Crippen LogP) is 2.99. The van der Waals surface area contributed by atoms with E-state index in [1.165, 1.54) is 16.8 Å². The molecule has 2 heterocycles. The van der Waals surface area contributed by atoms with Gasteiger partial charge < -0.3 is 10.0 Å². The Morgan fingerprint density at radius 2 is 1.97 bits per heavy atom. The molecular formula is C24H31N3O2. The van der Waals surface area contributed by atoms with Gasteiger partial charge in [-0.05, 0) is 62.1 Å². The number of aliphatic hydroxyl groups is 1. The van der Waals surface area contributed by atoms with Gasteiger partial charge in [-0.3, -0.25) is 9.48 Å². The highest BCUT2D eigenvalue weighted by atomic mass is 16.3. The van der Waals surface area contributed by atoms with Crippen molar-refractivity contribution in [3.8, 4) is 0 Å². The molecule has 2 bridgehead atoms. The number of aryl methyl sites for hydroxylation is 2. The molecule has 6 rings (SSSR count). The molecule has 4 aliphatic rings. The van der Waals surface area contributed by atoms with Crippen LogP contribution in [0.3, 0.4) is 0 Å². The van der Waals surface area contributed by atoms with Crippen LogP contribution in [-0.4, -0.2) is 44.4 Å². The van der Waals surface area contributed by atoms with Gasteiger partial charge in [0.25, 0.3) is 0 Å². The minimum absolute atomic E-state index is 0.0120. The van der Waals surface area contributed by atoms with Crippen LogP contribution in [0, 0.1) is 18.8 Å². The van der Waals surface area contributed by atoms with Crippen molar-refractivity contribution in [3.05, 3.63) is 53.3 Å². The van der Waals surface area contributed by atoms with E-state index in [9.17, 15) is 9.90 Å². The lowest BCUT2D eigenvalue weighted by Gasteiger charge is -2.49. The molecule has 5 nitrogen and oxygen atoms in total. The zero-order chi connectivity index (χ0) is 20.2. The maximum Gasteiger partial charge on any atom is 0.226 e. The van der Waals surface area contributed by atoms with Gasteiger partial charge in [0.2, 0.25) is 5.91 Å². The molecule has 3 saturated carbocycles. The standard InChI is InChI=1S/C24H31N3O2/c1-17-5-3-4-6-18(17)15-23(29)10-13-27(14-11-23)22(28)21-19-7-9-24(21,16-19)20-8-12-25-26(20)2/h3-6,8,12,19,21,29H,7,9-11,13-16H2,1-2H3. The second-order valence-electron chi connectivity index (χ2n) is 9.63. The highest BCUT2D eigenvalue weighted by molar-refractivity contribution is 5.83. The number of aromatic nitrogens is 2. The molecule has 0 radical (unpaired) electrons. The summed E-state index contributed by atoms with van der Waals surface area (Å²) in [6, 6.07) is 10.4. The Labute approximate surface area is 172 Å². The fourth-order valence-corrected chi connectivity index (χ4v) is 6.34. The number of carbonyl (C=O) groups excluding carboxylic acids is 1. The van der Waals surface area contributed by atoms with E-state index >= 15 is 0 Å². The largest absolute Gasteiger partial charge is 0.389 e. The summed E-state index contributed by atoms with van der Waals surface area (Å²) in [4.78, 5) is 15.5. The monoisotopic (exact) mass is 393 g/mol. The SMILES string of the molecule is Cc1ccccc1CC1(O)CCN(C(=O)C2C3CCC2(c2ccnn2C)C3)CC1. The average molecular weight is 394 g/mol. The van der Waals surface area contributed by atoms with Gasteiger partial charge in [0.15, 0.2) is 0 Å². The highest BCUT2D eigenvalue weighted by Gasteiger charge is 2.64. The van der Waals surface area contributed by atoms with Crippen molar-refractivity contribution < 1.29 is 9.90 Å². The minimum Gasteiger partial charge on any atom is -0.389 e. The first-order valence-electron chi connectivity index (χ1n) is 11.0. The molecule has 154 valence electrons. The van der Waals surface area contributed by atoms with E-state index in [4.69, 9.17) is 0 Å². The fourth-order valence-electron chi connectivity index (χ4n) is 6.34. The summed E-state index contributed by atoms with van der Waals surface area (Å²) in [5.74, 6) is 0.920. The number of carbonyl (C=O) groups is 1. The molecule has 1 N–H and O–H groups in total. The van der Waals surface area contributed by atoms with E-state index in [0.717, 1.165) is 19.3 Å². The Morgan fingerprint density at radius 3 is 2.62 bits per heavy atom. The van der Waals surface area contributed by atoms with Crippen molar-refractivity contribution in [1.82, 2.24) is 14.7 Å². The first-order chi connectivity index (χ1) is 13.9. The number of hydrogen-bond donors (Lipinski definition) is 1. The maximum absolute atomic E-state index is 13.5. The summed E-state index contributed by atoms with van der Waals surface area (Å²) in [6.45, 7) is 3.42. The molecule has 29 heavy (non-hydrogen) atoms. The zero-order valence-corrected chi connectivity index (χ0v) is 17.5. The Bertz CT molecular complexity index is 924. The summed E-state index contributed by atoms with van der Waals surface area (Å²) in [5.41, 5.74) is 2.94. The van der Waals surface area contributed by atoms with Crippen molar-refractivity contribution in [2.75, 3.05) is 13.1 Å². The molecule has 3 atom stereocenters. The lowest BCUT2D eigenvalue weighted by molar-refractivity contribution is -0.148. The van der Waals surface area contributed by atoms with Crippen LogP contribution in [0.25, 0.3) is 0 Å². The Hall–Kier alpha value is -2.14. The molecule has 5 heteroatoms. The molecular weight excluding hydrogens is 362 g/mol. The van der Waals surface area contributed by atoms with E-state index in [2.05, 4.69) is 30.2 Å². The fraction of sp³-hybridized carbons (Fsp3) is 0.583. The van der Waals surface area contributed by atoms with Crippen molar-refractivity contribution in [3.63, 3.8) is 0 Å². The summed E-state index contributed by atoms with van der Waals surface area (Å²) < 4.78 is 1.96. The van der Waals surface area contributed by atoms with Gasteiger partial charge in [0.05, 0.1) is 11.5 Å². The van der Waals surface area contributed by atoms with E-state index in [1.54, 1.807) is 0 Å². The van der Waals surface area contributed by atoms with Crippen LogP contribution in [0.4, 0.5) is 0 Å². The highest BCUT2D eigenvalue weighted by Crippen LogP contribution is 2.64. The van der Waals surface area contributed by atoms with Gasteiger partial charge in [0.1, 0.15) is 0 Å². The molecule has 2 aromatic rings. The third kappa shape index (κ3) is 2.93. The molecule has 4 fully saturated rings. The van der Waals surface area contributed by atoms with Crippen molar-refractivity contribution in [1.29, 1.82) is 0 Å². The van der Waals surface area contributed by atoms with Gasteiger partial charge in [0, 0.05) is 43.9 Å². The van der Waals surface area contributed by atoms with Crippen LogP contribution in [-0.2, 0) is 23.7 Å². The Balaban J connectivity index is 1.27. The predicted molar refractivity (Wildman–Crippen MR) is 111 cm³/mol. The van der Waals surface area contributed by atoms with Gasteiger partial charge >= 0.3 is 0 Å². The third-order valence-corrected chi connectivity index (χ3v) is 8.04. The first-order valence-corrected chi connectivity index (χ1v) is 11.0. The lowest BCUT2D eigenvalue weighted by Crippen LogP contribution is -2.57. The molecule has 3 unspecified atom stereocenters. The van der Waals surface area contributed by atoms with Crippen LogP contribution >= 0.6 is 0 Å².